The molecule has 0 fully saturated rings. The van der Waals surface area contributed by atoms with Crippen LogP contribution in [0, 0.1) is 0 Å². The van der Waals surface area contributed by atoms with E-state index >= 15 is 0 Å². The van der Waals surface area contributed by atoms with Crippen molar-refractivity contribution in [2.45, 2.75) is 6.92 Å². The smallest absolute Gasteiger partial charge is 0.308 e. The Morgan fingerprint density at radius 3 is 2.57 bits per heavy atom. The van der Waals surface area contributed by atoms with Crippen LogP contribution < -0.4 is 14.8 Å². The number of esters is 1. The zero-order chi connectivity index (χ0) is 20.1. The summed E-state index contributed by atoms with van der Waals surface area (Å²) in [6, 6.07) is 16.3. The normalized spacial score (nSPS) is 10.8. The molecule has 3 aromatic carbocycles. The Bertz CT molecular complexity index is 1080. The Morgan fingerprint density at radius 2 is 1.82 bits per heavy atom. The van der Waals surface area contributed by atoms with Gasteiger partial charge in [-0.3, -0.25) is 9.59 Å². The van der Waals surface area contributed by atoms with E-state index in [1.165, 1.54) is 20.1 Å². The van der Waals surface area contributed by atoms with Crippen LogP contribution in [-0.2, 0) is 9.59 Å². The van der Waals surface area contributed by atoms with Gasteiger partial charge in [-0.2, -0.15) is 0 Å². The van der Waals surface area contributed by atoms with Crippen LogP contribution in [0.15, 0.2) is 60.7 Å². The number of rotatable bonds is 5. The standard InChI is InChI=1S/C22H18ClNO4/c1-14(25)28-21-11-15(7-9-20(21)27-2)8-10-22(26)24-19-13-17(23)12-16-5-3-4-6-18(16)19/h3-13H,1-2H3,(H,24,26). The van der Waals surface area contributed by atoms with Crippen LogP contribution in [0.4, 0.5) is 5.69 Å². The number of benzene rings is 3. The van der Waals surface area contributed by atoms with Crippen LogP contribution in [0.2, 0.25) is 5.02 Å². The van der Waals surface area contributed by atoms with Crippen molar-refractivity contribution in [3.63, 3.8) is 0 Å². The molecule has 0 aliphatic carbocycles. The Labute approximate surface area is 167 Å². The molecule has 0 aliphatic rings. The zero-order valence-electron chi connectivity index (χ0n) is 15.4. The molecule has 0 bridgehead atoms. The van der Waals surface area contributed by atoms with Gasteiger partial charge in [-0.15, -0.1) is 0 Å². The van der Waals surface area contributed by atoms with Gasteiger partial charge < -0.3 is 14.8 Å². The van der Waals surface area contributed by atoms with E-state index < -0.39 is 5.97 Å². The van der Waals surface area contributed by atoms with Gasteiger partial charge in [-0.1, -0.05) is 41.9 Å². The molecule has 0 saturated carbocycles. The zero-order valence-corrected chi connectivity index (χ0v) is 16.1. The minimum atomic E-state index is -0.454. The Morgan fingerprint density at radius 1 is 1.04 bits per heavy atom. The Hall–Kier alpha value is -3.31. The predicted molar refractivity (Wildman–Crippen MR) is 111 cm³/mol. The number of fused-ring (bicyclic) bond motifs is 1. The molecule has 0 atom stereocenters. The Balaban J connectivity index is 1.80. The number of halogens is 1. The number of carbonyl (C=O) groups is 2. The van der Waals surface area contributed by atoms with Crippen molar-refractivity contribution < 1.29 is 19.1 Å². The summed E-state index contributed by atoms with van der Waals surface area (Å²) in [5, 5.41) is 5.22. The number of amides is 1. The van der Waals surface area contributed by atoms with Crippen molar-refractivity contribution in [1.29, 1.82) is 0 Å². The molecule has 142 valence electrons. The van der Waals surface area contributed by atoms with E-state index in [1.807, 2.05) is 30.3 Å². The molecule has 0 radical (unpaired) electrons. The van der Waals surface area contributed by atoms with Crippen molar-refractivity contribution in [3.05, 3.63) is 71.3 Å². The van der Waals surface area contributed by atoms with Gasteiger partial charge in [-0.25, -0.2) is 0 Å². The second-order valence-corrected chi connectivity index (χ2v) is 6.44. The van der Waals surface area contributed by atoms with Crippen LogP contribution >= 0.6 is 11.6 Å². The van der Waals surface area contributed by atoms with E-state index in [9.17, 15) is 9.59 Å². The number of anilines is 1. The van der Waals surface area contributed by atoms with E-state index in [4.69, 9.17) is 21.1 Å². The molecule has 0 aromatic heterocycles. The summed E-state index contributed by atoms with van der Waals surface area (Å²) in [7, 11) is 1.49. The molecule has 3 rings (SSSR count). The lowest BCUT2D eigenvalue weighted by Gasteiger charge is -2.09. The van der Waals surface area contributed by atoms with E-state index in [2.05, 4.69) is 5.32 Å². The number of ether oxygens (including phenoxy) is 2. The highest BCUT2D eigenvalue weighted by atomic mass is 35.5. The highest BCUT2D eigenvalue weighted by Gasteiger charge is 2.08. The molecular weight excluding hydrogens is 378 g/mol. The number of nitrogens with one attached hydrogen (secondary N) is 1. The van der Waals surface area contributed by atoms with Gasteiger partial charge in [0.05, 0.1) is 12.8 Å². The first-order chi connectivity index (χ1) is 13.5. The fourth-order valence-corrected chi connectivity index (χ4v) is 2.98. The van der Waals surface area contributed by atoms with Gasteiger partial charge in [0, 0.05) is 23.4 Å². The number of carbonyl (C=O) groups excluding carboxylic acids is 2. The fourth-order valence-electron chi connectivity index (χ4n) is 2.76. The molecule has 0 aliphatic heterocycles. The van der Waals surface area contributed by atoms with Gasteiger partial charge in [0.1, 0.15) is 0 Å². The van der Waals surface area contributed by atoms with E-state index in [-0.39, 0.29) is 5.91 Å². The summed E-state index contributed by atoms with van der Waals surface area (Å²) >= 11 is 6.15. The third-order valence-electron chi connectivity index (χ3n) is 3.95. The molecule has 3 aromatic rings. The van der Waals surface area contributed by atoms with Gasteiger partial charge in [0.2, 0.25) is 5.91 Å². The Kier molecular flexibility index (Phi) is 5.96. The fraction of sp³-hybridized carbons (Fsp3) is 0.0909. The largest absolute Gasteiger partial charge is 0.493 e. The van der Waals surface area contributed by atoms with Crippen molar-refractivity contribution in [2.75, 3.05) is 12.4 Å². The lowest BCUT2D eigenvalue weighted by Crippen LogP contribution is -2.08. The summed E-state index contributed by atoms with van der Waals surface area (Å²) in [5.41, 5.74) is 1.32. The maximum absolute atomic E-state index is 12.4. The topological polar surface area (TPSA) is 64.6 Å². The van der Waals surface area contributed by atoms with Crippen molar-refractivity contribution >= 4 is 46.0 Å². The van der Waals surface area contributed by atoms with E-state index in [1.54, 1.807) is 30.3 Å². The first kappa shape index (κ1) is 19.5. The molecule has 1 amide bonds. The molecule has 6 heteroatoms. The van der Waals surface area contributed by atoms with Crippen LogP contribution in [-0.4, -0.2) is 19.0 Å². The molecule has 0 heterocycles. The summed E-state index contributed by atoms with van der Waals surface area (Å²) in [5.74, 6) is -0.0390. The van der Waals surface area contributed by atoms with Crippen LogP contribution in [0.5, 0.6) is 11.5 Å². The molecule has 28 heavy (non-hydrogen) atoms. The minimum Gasteiger partial charge on any atom is -0.493 e. The second kappa shape index (κ2) is 8.59. The third-order valence-corrected chi connectivity index (χ3v) is 4.17. The van der Waals surface area contributed by atoms with Crippen LogP contribution in [0.25, 0.3) is 16.8 Å². The van der Waals surface area contributed by atoms with Crippen LogP contribution in [0.3, 0.4) is 0 Å². The summed E-state index contributed by atoms with van der Waals surface area (Å²) in [4.78, 5) is 23.6. The lowest BCUT2D eigenvalue weighted by atomic mass is 10.1. The van der Waals surface area contributed by atoms with Gasteiger partial charge in [0.25, 0.3) is 0 Å². The molecule has 0 saturated heterocycles. The molecule has 1 N–H and O–H groups in total. The second-order valence-electron chi connectivity index (χ2n) is 6.00. The molecule has 0 unspecified atom stereocenters. The summed E-state index contributed by atoms with van der Waals surface area (Å²) in [6.07, 6.45) is 3.02. The van der Waals surface area contributed by atoms with Crippen molar-refractivity contribution in [2.24, 2.45) is 0 Å². The predicted octanol–water partition coefficient (Wildman–Crippen LogP) is 5.08. The third kappa shape index (κ3) is 4.69. The van der Waals surface area contributed by atoms with Gasteiger partial charge in [-0.05, 0) is 41.3 Å². The molecular formula is C22H18ClNO4. The highest BCUT2D eigenvalue weighted by molar-refractivity contribution is 6.32. The maximum atomic E-state index is 12.4. The first-order valence-electron chi connectivity index (χ1n) is 8.50. The molecule has 0 spiro atoms. The number of hydrogen-bond donors (Lipinski definition) is 1. The van der Waals surface area contributed by atoms with Gasteiger partial charge >= 0.3 is 5.97 Å². The number of methoxy groups -OCH3 is 1. The average Bonchev–Trinajstić information content (AvgIpc) is 2.66. The monoisotopic (exact) mass is 395 g/mol. The average molecular weight is 396 g/mol. The van der Waals surface area contributed by atoms with Crippen LogP contribution in [0.1, 0.15) is 12.5 Å². The summed E-state index contributed by atoms with van der Waals surface area (Å²) < 4.78 is 10.3. The first-order valence-corrected chi connectivity index (χ1v) is 8.88. The maximum Gasteiger partial charge on any atom is 0.308 e. The van der Waals surface area contributed by atoms with E-state index in [0.29, 0.717) is 27.8 Å². The van der Waals surface area contributed by atoms with Crippen molar-refractivity contribution in [1.82, 2.24) is 0 Å². The SMILES string of the molecule is COc1ccc(C=CC(=O)Nc2cc(Cl)cc3ccccc23)cc1OC(C)=O. The molecule has 5 nitrogen and oxygen atoms in total. The minimum absolute atomic E-state index is 0.290. The van der Waals surface area contributed by atoms with E-state index in [0.717, 1.165) is 10.8 Å². The number of hydrogen-bond acceptors (Lipinski definition) is 4. The van der Waals surface area contributed by atoms with Gasteiger partial charge in [0.15, 0.2) is 11.5 Å². The quantitative estimate of drug-likeness (QED) is 0.371. The highest BCUT2D eigenvalue weighted by Crippen LogP contribution is 2.29. The van der Waals surface area contributed by atoms with Crippen molar-refractivity contribution in [3.8, 4) is 11.5 Å². The summed E-state index contributed by atoms with van der Waals surface area (Å²) in [6.45, 7) is 1.31. The lowest BCUT2D eigenvalue weighted by molar-refractivity contribution is -0.132.